The maximum atomic E-state index is 13.8. The second kappa shape index (κ2) is 13.4. The number of aromatic hydroxyl groups is 1. The summed E-state index contributed by atoms with van der Waals surface area (Å²) in [6.45, 7) is 8.33. The van der Waals surface area contributed by atoms with E-state index in [4.69, 9.17) is 22.8 Å². The van der Waals surface area contributed by atoms with E-state index < -0.39 is 32.5 Å². The highest BCUT2D eigenvalue weighted by Crippen LogP contribution is 2.72. The number of phenolic OH excluding ortho intramolecular Hbond substituents is 1. The number of rotatable bonds is 15. The summed E-state index contributed by atoms with van der Waals surface area (Å²) in [5.74, 6) is -1.92. The Hall–Kier alpha value is -1.21. The van der Waals surface area contributed by atoms with E-state index in [0.717, 1.165) is 0 Å². The highest BCUT2D eigenvalue weighted by atomic mass is 31.2. The monoisotopic (exact) mass is 480 g/mol. The molecule has 1 aromatic rings. The van der Waals surface area contributed by atoms with Crippen molar-refractivity contribution in [2.75, 3.05) is 33.0 Å². The predicted molar refractivity (Wildman–Crippen MR) is 118 cm³/mol. The molecule has 0 aliphatic carbocycles. The Morgan fingerprint density at radius 1 is 0.839 bits per heavy atom. The second-order valence-corrected chi connectivity index (χ2v) is 11.2. The Morgan fingerprint density at radius 3 is 1.68 bits per heavy atom. The average molecular weight is 480 g/mol. The zero-order valence-electron chi connectivity index (χ0n) is 18.8. The first-order valence-corrected chi connectivity index (χ1v) is 13.7. The number of benzene rings is 1. The fourth-order valence-corrected chi connectivity index (χ4v) is 8.56. The molecule has 0 fully saturated rings. The Kier molecular flexibility index (Phi) is 12.0. The van der Waals surface area contributed by atoms with Gasteiger partial charge < -0.3 is 27.9 Å². The molecule has 178 valence electrons. The third kappa shape index (κ3) is 7.41. The third-order valence-corrected chi connectivity index (χ3v) is 10.3. The number of ether oxygens (including phenoxy) is 1. The molecule has 1 atom stereocenters. The van der Waals surface area contributed by atoms with E-state index in [1.165, 1.54) is 6.07 Å². The van der Waals surface area contributed by atoms with Gasteiger partial charge in [-0.05, 0) is 47.1 Å². The number of hydrogen-bond acceptors (Lipinski definition) is 9. The maximum absolute atomic E-state index is 13.8. The molecule has 11 heteroatoms. The molecule has 0 heterocycles. The number of para-hydroxylation sites is 1. The van der Waals surface area contributed by atoms with Crippen molar-refractivity contribution in [3.8, 4) is 5.75 Å². The Bertz CT molecular complexity index is 734. The van der Waals surface area contributed by atoms with Gasteiger partial charge in [-0.2, -0.15) is 0 Å². The van der Waals surface area contributed by atoms with E-state index >= 15 is 0 Å². The quantitative estimate of drug-likeness (QED) is 0.264. The van der Waals surface area contributed by atoms with E-state index in [2.05, 4.69) is 0 Å². The molecule has 1 aromatic carbocycles. The number of phenols is 1. The van der Waals surface area contributed by atoms with Crippen LogP contribution in [-0.4, -0.2) is 49.5 Å². The predicted octanol–water partition coefficient (Wildman–Crippen LogP) is 5.29. The fourth-order valence-electron chi connectivity index (χ4n) is 3.16. The molecule has 0 aliphatic heterocycles. The normalized spacial score (nSPS) is 13.4. The minimum atomic E-state index is -4.06. The smallest absolute Gasteiger partial charge is 0.345 e. The summed E-state index contributed by atoms with van der Waals surface area (Å²) in [6.07, 6.45) is -0.301. The van der Waals surface area contributed by atoms with Gasteiger partial charge in [0.25, 0.3) is 0 Å². The van der Waals surface area contributed by atoms with Gasteiger partial charge in [-0.25, -0.2) is 0 Å². The molecule has 0 aromatic heterocycles. The van der Waals surface area contributed by atoms with Crippen LogP contribution in [0.1, 0.15) is 52.5 Å². The highest BCUT2D eigenvalue weighted by Gasteiger charge is 2.52. The maximum Gasteiger partial charge on any atom is 0.345 e. The summed E-state index contributed by atoms with van der Waals surface area (Å²) >= 11 is 0. The van der Waals surface area contributed by atoms with Gasteiger partial charge >= 0.3 is 21.2 Å². The first-order valence-electron chi connectivity index (χ1n) is 10.4. The molecule has 0 aliphatic rings. The van der Waals surface area contributed by atoms with Crippen LogP contribution in [0.3, 0.4) is 0 Å². The van der Waals surface area contributed by atoms with Gasteiger partial charge in [0.2, 0.25) is 0 Å². The lowest BCUT2D eigenvalue weighted by Crippen LogP contribution is -2.25. The molecule has 9 nitrogen and oxygen atoms in total. The summed E-state index contributed by atoms with van der Waals surface area (Å²) in [4.78, 5) is 12.8. The molecule has 0 bridgehead atoms. The zero-order valence-corrected chi connectivity index (χ0v) is 20.6. The first-order chi connectivity index (χ1) is 14.7. The second-order valence-electron chi connectivity index (χ2n) is 6.33. The van der Waals surface area contributed by atoms with Crippen LogP contribution in [0.4, 0.5) is 0 Å². The van der Waals surface area contributed by atoms with Gasteiger partial charge in [-0.1, -0.05) is 18.2 Å². The van der Waals surface area contributed by atoms with Gasteiger partial charge in [-0.3, -0.25) is 13.9 Å². The van der Waals surface area contributed by atoms with Crippen LogP contribution in [-0.2, 0) is 36.8 Å². The SMILES string of the molecule is CCOC(=O)C(CC(P(=O)(OCC)OCC)P(=O)(OCC)OCC)c1ccccc1O. The van der Waals surface area contributed by atoms with Crippen LogP contribution in [0, 0.1) is 0 Å². The minimum absolute atomic E-state index is 0.0205. The van der Waals surface area contributed by atoms with Gasteiger partial charge in [0.1, 0.15) is 5.75 Å². The number of esters is 1. The largest absolute Gasteiger partial charge is 0.508 e. The average Bonchev–Trinajstić information content (AvgIpc) is 2.70. The molecule has 0 saturated heterocycles. The lowest BCUT2D eigenvalue weighted by atomic mass is 9.95. The van der Waals surface area contributed by atoms with Crippen LogP contribution < -0.4 is 0 Å². The lowest BCUT2D eigenvalue weighted by Gasteiger charge is -2.33. The lowest BCUT2D eigenvalue weighted by molar-refractivity contribution is -0.145. The van der Waals surface area contributed by atoms with Crippen molar-refractivity contribution in [2.24, 2.45) is 0 Å². The highest BCUT2D eigenvalue weighted by molar-refractivity contribution is 7.72. The summed E-state index contributed by atoms with van der Waals surface area (Å²) in [5.41, 5.74) is 0.241. The van der Waals surface area contributed by atoms with Crippen molar-refractivity contribution < 1.29 is 41.9 Å². The van der Waals surface area contributed by atoms with Crippen LogP contribution in [0.25, 0.3) is 0 Å². The first kappa shape index (κ1) is 27.8. The Balaban J connectivity index is 3.63. The summed E-state index contributed by atoms with van der Waals surface area (Å²) in [6, 6.07) is 6.22. The van der Waals surface area contributed by atoms with E-state index in [1.54, 1.807) is 52.8 Å². The van der Waals surface area contributed by atoms with Crippen LogP contribution >= 0.6 is 15.2 Å². The Morgan fingerprint density at radius 2 is 1.29 bits per heavy atom. The van der Waals surface area contributed by atoms with Crippen molar-refractivity contribution in [1.82, 2.24) is 0 Å². The third-order valence-electron chi connectivity index (χ3n) is 4.30. The van der Waals surface area contributed by atoms with Gasteiger partial charge in [0.05, 0.1) is 39.0 Å². The van der Waals surface area contributed by atoms with Crippen molar-refractivity contribution in [3.05, 3.63) is 29.8 Å². The van der Waals surface area contributed by atoms with Crippen LogP contribution in [0.5, 0.6) is 5.75 Å². The molecule has 0 saturated carbocycles. The van der Waals surface area contributed by atoms with E-state index in [0.29, 0.717) is 0 Å². The molecule has 1 unspecified atom stereocenters. The number of carbonyl (C=O) groups excluding carboxylic acids is 1. The topological polar surface area (TPSA) is 118 Å². The molecular formula is C20H34O9P2. The number of carbonyl (C=O) groups is 1. The zero-order chi connectivity index (χ0) is 23.5. The van der Waals surface area contributed by atoms with Gasteiger partial charge in [0.15, 0.2) is 5.40 Å². The standard InChI is InChI=1S/C20H34O9P2/c1-6-25-20(22)17(16-13-11-12-14-18(16)21)15-19(30(23,26-7-2)27-8-3)31(24,28-9-4)29-10-5/h11-14,17,19,21H,6-10,15H2,1-5H3. The molecule has 31 heavy (non-hydrogen) atoms. The van der Waals surface area contributed by atoms with Crippen molar-refractivity contribution >= 4 is 21.2 Å². The summed E-state index contributed by atoms with van der Waals surface area (Å²) < 4.78 is 54.5. The summed E-state index contributed by atoms with van der Waals surface area (Å²) in [7, 11) is -8.12. The molecule has 0 radical (unpaired) electrons. The van der Waals surface area contributed by atoms with E-state index in [9.17, 15) is 19.0 Å². The number of hydrogen-bond donors (Lipinski definition) is 1. The fraction of sp³-hybridized carbons (Fsp3) is 0.650. The molecule has 1 rings (SSSR count). The Labute approximate surface area is 184 Å². The molecular weight excluding hydrogens is 446 g/mol. The van der Waals surface area contributed by atoms with Gasteiger partial charge in [0, 0.05) is 5.56 Å². The van der Waals surface area contributed by atoms with Crippen molar-refractivity contribution in [1.29, 1.82) is 0 Å². The van der Waals surface area contributed by atoms with Crippen LogP contribution in [0.2, 0.25) is 0 Å². The molecule has 0 amide bonds. The molecule has 1 N–H and O–H groups in total. The van der Waals surface area contributed by atoms with E-state index in [-0.39, 0.29) is 50.8 Å². The van der Waals surface area contributed by atoms with Gasteiger partial charge in [-0.15, -0.1) is 0 Å². The van der Waals surface area contributed by atoms with E-state index in [1.807, 2.05) is 0 Å². The molecule has 0 spiro atoms. The van der Waals surface area contributed by atoms with Crippen molar-refractivity contribution in [3.63, 3.8) is 0 Å². The summed E-state index contributed by atoms with van der Waals surface area (Å²) in [5, 5.41) is 8.95. The minimum Gasteiger partial charge on any atom is -0.508 e. The van der Waals surface area contributed by atoms with Crippen molar-refractivity contribution in [2.45, 2.75) is 52.4 Å². The van der Waals surface area contributed by atoms with Crippen LogP contribution in [0.15, 0.2) is 24.3 Å².